The first-order chi connectivity index (χ1) is 18.8. The van der Waals surface area contributed by atoms with E-state index in [0.29, 0.717) is 25.4 Å². The average Bonchev–Trinajstić information content (AvgIpc) is 3.50. The van der Waals surface area contributed by atoms with Gasteiger partial charge in [-0.3, -0.25) is 14.5 Å². The lowest BCUT2D eigenvalue weighted by atomic mass is 10.1. The lowest BCUT2D eigenvalue weighted by Gasteiger charge is -2.20. The number of aryl methyl sites for hydroxylation is 1. The number of carboxylic acids is 1. The van der Waals surface area contributed by atoms with Crippen molar-refractivity contribution in [3.8, 4) is 11.5 Å². The van der Waals surface area contributed by atoms with Gasteiger partial charge in [0, 0.05) is 64.0 Å². The molecule has 4 bridgehead atoms. The smallest absolute Gasteiger partial charge is 0.335 e. The third-order valence-corrected chi connectivity index (χ3v) is 6.91. The number of carbonyl (C=O) groups excluding carboxylic acids is 2. The molecule has 1 saturated heterocycles. The van der Waals surface area contributed by atoms with Crippen LogP contribution in [0, 0.1) is 0 Å². The molecule has 1 aromatic heterocycles. The number of nitrogens with one attached hydrogen (secondary N) is 2. The molecule has 204 valence electrons. The number of likely N-dealkylation sites (tertiary alicyclic amines) is 1. The van der Waals surface area contributed by atoms with E-state index in [9.17, 15) is 19.5 Å². The number of aromatic nitrogens is 2. The van der Waals surface area contributed by atoms with Crippen LogP contribution < -0.4 is 15.4 Å². The Bertz CT molecular complexity index is 1370. The predicted molar refractivity (Wildman–Crippen MR) is 141 cm³/mol. The van der Waals surface area contributed by atoms with Gasteiger partial charge in [0.1, 0.15) is 17.3 Å². The molecule has 39 heavy (non-hydrogen) atoms. The van der Waals surface area contributed by atoms with Gasteiger partial charge in [0.25, 0.3) is 5.91 Å². The van der Waals surface area contributed by atoms with Gasteiger partial charge in [-0.2, -0.15) is 0 Å². The summed E-state index contributed by atoms with van der Waals surface area (Å²) in [5.41, 5.74) is 0.919. The van der Waals surface area contributed by atoms with E-state index in [-0.39, 0.29) is 47.9 Å². The number of hydrogen-bond acceptors (Lipinski definition) is 7. The number of carbonyl (C=O) groups is 3. The standard InChI is InChI=1S/C28H31N5O6/c1-32-10-8-29-25(32)6-9-33-15-23-24(16-33)38-17-18-3-2-4-21(11-18)39-22-13-19(12-20(14-22)28(36)37)27(35)30-7-5-26(34)31-23/h2-4,8,10-14,23-24H,5-7,9,15-17H2,1H3,(H,30,35)(H,31,34)(H,36,37)/t23-,24-/m0/s1. The molecule has 3 N–H and O–H groups in total. The molecule has 0 saturated carbocycles. The van der Waals surface area contributed by atoms with Gasteiger partial charge in [0.2, 0.25) is 5.91 Å². The second-order valence-electron chi connectivity index (χ2n) is 9.79. The lowest BCUT2D eigenvalue weighted by molar-refractivity contribution is -0.122. The van der Waals surface area contributed by atoms with E-state index >= 15 is 0 Å². The number of carboxylic acid groups (broad SMARTS) is 1. The highest BCUT2D eigenvalue weighted by molar-refractivity contribution is 5.98. The molecular formula is C28H31N5O6. The van der Waals surface area contributed by atoms with E-state index in [1.165, 1.54) is 18.2 Å². The van der Waals surface area contributed by atoms with Crippen LogP contribution in [0.1, 0.15) is 38.5 Å². The summed E-state index contributed by atoms with van der Waals surface area (Å²) in [7, 11) is 1.97. The maximum absolute atomic E-state index is 12.8. The number of rotatable bonds is 4. The molecule has 2 amide bonds. The summed E-state index contributed by atoms with van der Waals surface area (Å²) in [4.78, 5) is 43.9. The van der Waals surface area contributed by atoms with Gasteiger partial charge in [-0.15, -0.1) is 0 Å². The first-order valence-corrected chi connectivity index (χ1v) is 12.9. The zero-order valence-electron chi connectivity index (χ0n) is 21.6. The third-order valence-electron chi connectivity index (χ3n) is 6.91. The van der Waals surface area contributed by atoms with Crippen LogP contribution in [-0.4, -0.2) is 75.7 Å². The number of benzene rings is 2. The van der Waals surface area contributed by atoms with E-state index in [0.717, 1.165) is 24.4 Å². The van der Waals surface area contributed by atoms with Crippen LogP contribution in [0.5, 0.6) is 11.5 Å². The summed E-state index contributed by atoms with van der Waals surface area (Å²) >= 11 is 0. The highest BCUT2D eigenvalue weighted by Crippen LogP contribution is 2.26. The van der Waals surface area contributed by atoms with Crippen LogP contribution in [0.4, 0.5) is 0 Å². The van der Waals surface area contributed by atoms with E-state index in [4.69, 9.17) is 9.47 Å². The quantitative estimate of drug-likeness (QED) is 0.463. The van der Waals surface area contributed by atoms with Gasteiger partial charge in [-0.1, -0.05) is 12.1 Å². The maximum Gasteiger partial charge on any atom is 0.335 e. The Morgan fingerprint density at radius 1 is 1.15 bits per heavy atom. The van der Waals surface area contributed by atoms with Crippen molar-refractivity contribution in [1.29, 1.82) is 0 Å². The van der Waals surface area contributed by atoms with Gasteiger partial charge in [0.05, 0.1) is 24.3 Å². The molecule has 2 aliphatic rings. The maximum atomic E-state index is 12.8. The molecular weight excluding hydrogens is 502 g/mol. The van der Waals surface area contributed by atoms with Crippen LogP contribution in [0.3, 0.4) is 0 Å². The SMILES string of the molecule is Cn1ccnc1CCN1C[C@@H]2NC(=O)CCNC(=O)c3cc(cc(C(=O)O)c3)Oc3cccc(c3)CO[C@H]2C1. The van der Waals surface area contributed by atoms with E-state index in [1.807, 2.05) is 36.0 Å². The molecule has 11 heteroatoms. The summed E-state index contributed by atoms with van der Waals surface area (Å²) in [6.07, 6.45) is 4.34. The number of amides is 2. The number of fused-ring (bicyclic) bond motifs is 5. The summed E-state index contributed by atoms with van der Waals surface area (Å²) in [5.74, 6) is -0.163. The monoisotopic (exact) mass is 533 g/mol. The molecule has 5 rings (SSSR count). The minimum Gasteiger partial charge on any atom is -0.478 e. The van der Waals surface area contributed by atoms with Crippen molar-refractivity contribution in [2.45, 2.75) is 31.6 Å². The fraction of sp³-hybridized carbons (Fsp3) is 0.357. The van der Waals surface area contributed by atoms with E-state index < -0.39 is 11.9 Å². The Morgan fingerprint density at radius 2 is 2.03 bits per heavy atom. The van der Waals surface area contributed by atoms with Gasteiger partial charge < -0.3 is 29.8 Å². The summed E-state index contributed by atoms with van der Waals surface area (Å²) < 4.78 is 14.2. The van der Waals surface area contributed by atoms with Crippen molar-refractivity contribution in [3.05, 3.63) is 77.4 Å². The zero-order chi connectivity index (χ0) is 27.4. The minimum absolute atomic E-state index is 0.0744. The number of hydrogen-bond donors (Lipinski definition) is 3. The number of nitrogens with zero attached hydrogens (tertiary/aromatic N) is 3. The number of aromatic carboxylic acids is 1. The van der Waals surface area contributed by atoms with Crippen LogP contribution >= 0.6 is 0 Å². The molecule has 1 fully saturated rings. The van der Waals surface area contributed by atoms with Crippen molar-refractivity contribution in [2.24, 2.45) is 7.05 Å². The first kappa shape index (κ1) is 26.4. The van der Waals surface area contributed by atoms with Crippen molar-refractivity contribution in [1.82, 2.24) is 25.1 Å². The van der Waals surface area contributed by atoms with Crippen LogP contribution in [-0.2, 0) is 29.6 Å². The molecule has 0 radical (unpaired) electrons. The molecule has 2 atom stereocenters. The molecule has 2 aliphatic heterocycles. The molecule has 0 spiro atoms. The van der Waals surface area contributed by atoms with Gasteiger partial charge in [-0.05, 0) is 35.9 Å². The van der Waals surface area contributed by atoms with Crippen molar-refractivity contribution in [3.63, 3.8) is 0 Å². The number of ether oxygens (including phenoxy) is 2. The lowest BCUT2D eigenvalue weighted by Crippen LogP contribution is -2.44. The van der Waals surface area contributed by atoms with Crippen molar-refractivity contribution >= 4 is 17.8 Å². The van der Waals surface area contributed by atoms with E-state index in [2.05, 4.69) is 20.5 Å². The topological polar surface area (TPSA) is 135 Å². The Morgan fingerprint density at radius 3 is 2.82 bits per heavy atom. The molecule has 3 heterocycles. The van der Waals surface area contributed by atoms with Crippen LogP contribution in [0.15, 0.2) is 54.9 Å². The Hall–Kier alpha value is -4.22. The molecule has 2 aromatic carbocycles. The van der Waals surface area contributed by atoms with Crippen LogP contribution in [0.2, 0.25) is 0 Å². The fourth-order valence-electron chi connectivity index (χ4n) is 4.86. The predicted octanol–water partition coefficient (Wildman–Crippen LogP) is 1.97. The average molecular weight is 534 g/mol. The Balaban J connectivity index is 1.35. The van der Waals surface area contributed by atoms with Gasteiger partial charge >= 0.3 is 5.97 Å². The second-order valence-corrected chi connectivity index (χ2v) is 9.79. The summed E-state index contributed by atoms with van der Waals surface area (Å²) in [6, 6.07) is 11.2. The summed E-state index contributed by atoms with van der Waals surface area (Å²) in [6.45, 7) is 2.49. The van der Waals surface area contributed by atoms with E-state index in [1.54, 1.807) is 12.3 Å². The Labute approximate surface area is 225 Å². The normalized spacial score (nSPS) is 20.3. The second kappa shape index (κ2) is 11.7. The van der Waals surface area contributed by atoms with Crippen molar-refractivity contribution < 1.29 is 29.0 Å². The third kappa shape index (κ3) is 6.62. The molecule has 11 nitrogen and oxygen atoms in total. The van der Waals surface area contributed by atoms with Crippen molar-refractivity contribution in [2.75, 3.05) is 26.2 Å². The minimum atomic E-state index is -1.18. The highest BCUT2D eigenvalue weighted by atomic mass is 16.5. The molecule has 0 unspecified atom stereocenters. The summed E-state index contributed by atoms with van der Waals surface area (Å²) in [5, 5.41) is 15.3. The van der Waals surface area contributed by atoms with Gasteiger partial charge in [0.15, 0.2) is 0 Å². The number of imidazole rings is 1. The Kier molecular flexibility index (Phi) is 7.89. The van der Waals surface area contributed by atoms with Crippen LogP contribution in [0.25, 0.3) is 0 Å². The molecule has 0 aliphatic carbocycles. The molecule has 3 aromatic rings. The first-order valence-electron chi connectivity index (χ1n) is 12.9. The largest absolute Gasteiger partial charge is 0.478 e. The van der Waals surface area contributed by atoms with Gasteiger partial charge in [-0.25, -0.2) is 9.78 Å². The fourth-order valence-corrected chi connectivity index (χ4v) is 4.86. The zero-order valence-corrected chi connectivity index (χ0v) is 21.6. The highest BCUT2D eigenvalue weighted by Gasteiger charge is 2.34.